The fourth-order valence-corrected chi connectivity index (χ4v) is 2.52. The van der Waals surface area contributed by atoms with E-state index in [9.17, 15) is 4.79 Å². The van der Waals surface area contributed by atoms with Crippen LogP contribution in [-0.4, -0.2) is 42.0 Å². The molecule has 104 valence electrons. The number of hydrogen-bond acceptors (Lipinski definition) is 3. The molecule has 1 aliphatic heterocycles. The maximum Gasteiger partial charge on any atom is 0.269 e. The monoisotopic (exact) mass is 325 g/mol. The first-order chi connectivity index (χ1) is 9.25. The molecule has 0 saturated carbocycles. The van der Waals surface area contributed by atoms with E-state index >= 15 is 0 Å². The number of likely N-dealkylation sites (tertiary alicyclic amines) is 1. The van der Waals surface area contributed by atoms with Gasteiger partial charge in [0.15, 0.2) is 0 Å². The Balaban J connectivity index is 1.64. The average molecular weight is 326 g/mol. The Morgan fingerprint density at radius 1 is 1.32 bits per heavy atom. The summed E-state index contributed by atoms with van der Waals surface area (Å²) in [5, 5.41) is 2.91. The fourth-order valence-electron chi connectivity index (χ4n) is 2.29. The molecule has 1 fully saturated rings. The van der Waals surface area contributed by atoms with Gasteiger partial charge >= 0.3 is 0 Å². The molecule has 0 bridgehead atoms. The molecule has 0 unspecified atom stereocenters. The Kier molecular flexibility index (Phi) is 5.79. The third kappa shape index (κ3) is 4.91. The van der Waals surface area contributed by atoms with Crippen LogP contribution in [0.3, 0.4) is 0 Å². The molecule has 1 saturated heterocycles. The van der Waals surface area contributed by atoms with Gasteiger partial charge in [0.05, 0.1) is 0 Å². The number of amides is 1. The van der Waals surface area contributed by atoms with Gasteiger partial charge in [0.25, 0.3) is 5.91 Å². The lowest BCUT2D eigenvalue weighted by Crippen LogP contribution is -2.33. The third-order valence-electron chi connectivity index (χ3n) is 3.35. The summed E-state index contributed by atoms with van der Waals surface area (Å²) < 4.78 is 0.883. The smallest absolute Gasteiger partial charge is 0.269 e. The van der Waals surface area contributed by atoms with Crippen LogP contribution >= 0.6 is 15.9 Å². The molecular formula is C14H20BrN3O. The molecule has 19 heavy (non-hydrogen) atoms. The second-order valence-corrected chi connectivity index (χ2v) is 5.79. The van der Waals surface area contributed by atoms with E-state index in [-0.39, 0.29) is 5.91 Å². The van der Waals surface area contributed by atoms with Gasteiger partial charge in [0.1, 0.15) is 5.69 Å². The summed E-state index contributed by atoms with van der Waals surface area (Å²) in [4.78, 5) is 18.4. The van der Waals surface area contributed by atoms with E-state index in [2.05, 4.69) is 31.1 Å². The van der Waals surface area contributed by atoms with E-state index in [1.165, 1.54) is 32.4 Å². The highest BCUT2D eigenvalue weighted by atomic mass is 79.9. The molecule has 1 aromatic heterocycles. The maximum atomic E-state index is 11.8. The number of rotatable bonds is 5. The van der Waals surface area contributed by atoms with Crippen LogP contribution in [0.2, 0.25) is 0 Å². The Bertz CT molecular complexity index is 402. The summed E-state index contributed by atoms with van der Waals surface area (Å²) in [6, 6.07) is 3.56. The molecular weight excluding hydrogens is 306 g/mol. The molecule has 2 rings (SSSR count). The number of halogens is 1. The first-order valence-electron chi connectivity index (χ1n) is 6.88. The second kappa shape index (κ2) is 7.60. The van der Waals surface area contributed by atoms with Crippen molar-refractivity contribution in [3.05, 3.63) is 28.5 Å². The second-order valence-electron chi connectivity index (χ2n) is 4.87. The fraction of sp³-hybridized carbons (Fsp3) is 0.571. The van der Waals surface area contributed by atoms with Crippen LogP contribution in [0.5, 0.6) is 0 Å². The number of pyridine rings is 1. The molecule has 5 heteroatoms. The Hall–Kier alpha value is -0.940. The Morgan fingerprint density at radius 3 is 2.79 bits per heavy atom. The van der Waals surface area contributed by atoms with Gasteiger partial charge in [0, 0.05) is 17.2 Å². The Morgan fingerprint density at radius 2 is 2.11 bits per heavy atom. The van der Waals surface area contributed by atoms with Crippen LogP contribution in [-0.2, 0) is 0 Å². The van der Waals surface area contributed by atoms with Gasteiger partial charge < -0.3 is 10.2 Å². The van der Waals surface area contributed by atoms with E-state index in [4.69, 9.17) is 0 Å². The molecule has 1 N–H and O–H groups in total. The van der Waals surface area contributed by atoms with Gasteiger partial charge in [-0.25, -0.2) is 4.98 Å². The van der Waals surface area contributed by atoms with Crippen LogP contribution in [0.4, 0.5) is 0 Å². The number of hydrogen-bond donors (Lipinski definition) is 1. The predicted octanol–water partition coefficient (Wildman–Crippen LogP) is 2.45. The quantitative estimate of drug-likeness (QED) is 0.846. The molecule has 2 heterocycles. The van der Waals surface area contributed by atoms with Crippen molar-refractivity contribution in [2.75, 3.05) is 26.2 Å². The first-order valence-corrected chi connectivity index (χ1v) is 7.67. The van der Waals surface area contributed by atoms with Gasteiger partial charge in [0.2, 0.25) is 0 Å². The van der Waals surface area contributed by atoms with Crippen molar-refractivity contribution in [1.82, 2.24) is 15.2 Å². The molecule has 0 aliphatic carbocycles. The number of carbonyl (C=O) groups excluding carboxylic acids is 1. The zero-order chi connectivity index (χ0) is 13.5. The van der Waals surface area contributed by atoms with Crippen LogP contribution in [0.1, 0.15) is 36.2 Å². The van der Waals surface area contributed by atoms with Crippen LogP contribution in [0.15, 0.2) is 22.8 Å². The highest BCUT2D eigenvalue weighted by molar-refractivity contribution is 9.10. The van der Waals surface area contributed by atoms with Crippen molar-refractivity contribution >= 4 is 21.8 Å². The van der Waals surface area contributed by atoms with Crippen LogP contribution < -0.4 is 5.32 Å². The largest absolute Gasteiger partial charge is 0.351 e. The van der Waals surface area contributed by atoms with Crippen molar-refractivity contribution in [3.8, 4) is 0 Å². The third-order valence-corrected chi connectivity index (χ3v) is 3.81. The molecule has 0 aromatic carbocycles. The highest BCUT2D eigenvalue weighted by Gasteiger charge is 2.10. The lowest BCUT2D eigenvalue weighted by Gasteiger charge is -2.26. The average Bonchev–Trinajstić information content (AvgIpc) is 2.45. The maximum absolute atomic E-state index is 11.8. The standard InChI is InChI=1S/C14H20BrN3O/c15-12-5-6-13(17-11-12)14(19)16-7-4-10-18-8-2-1-3-9-18/h5-6,11H,1-4,7-10H2,(H,16,19). The molecule has 0 radical (unpaired) electrons. The number of nitrogens with one attached hydrogen (secondary N) is 1. The Labute approximate surface area is 122 Å². The number of piperidine rings is 1. The van der Waals surface area contributed by atoms with E-state index in [1.807, 2.05) is 6.07 Å². The van der Waals surface area contributed by atoms with Gasteiger partial charge in [-0.05, 0) is 67.0 Å². The summed E-state index contributed by atoms with van der Waals surface area (Å²) >= 11 is 3.30. The molecule has 1 amide bonds. The van der Waals surface area contributed by atoms with Crippen molar-refractivity contribution in [2.45, 2.75) is 25.7 Å². The van der Waals surface area contributed by atoms with Crippen molar-refractivity contribution in [1.29, 1.82) is 0 Å². The normalized spacial score (nSPS) is 16.3. The van der Waals surface area contributed by atoms with Crippen molar-refractivity contribution in [3.63, 3.8) is 0 Å². The molecule has 4 nitrogen and oxygen atoms in total. The van der Waals surface area contributed by atoms with E-state index in [1.54, 1.807) is 12.3 Å². The summed E-state index contributed by atoms with van der Waals surface area (Å²) in [6.45, 7) is 4.21. The minimum Gasteiger partial charge on any atom is -0.351 e. The highest BCUT2D eigenvalue weighted by Crippen LogP contribution is 2.09. The van der Waals surface area contributed by atoms with Gasteiger partial charge in [-0.1, -0.05) is 6.42 Å². The van der Waals surface area contributed by atoms with Gasteiger partial charge in [-0.2, -0.15) is 0 Å². The summed E-state index contributed by atoms with van der Waals surface area (Å²) in [5.74, 6) is -0.0915. The van der Waals surface area contributed by atoms with E-state index in [0.29, 0.717) is 12.2 Å². The number of aromatic nitrogens is 1. The molecule has 1 aromatic rings. The van der Waals surface area contributed by atoms with E-state index in [0.717, 1.165) is 17.4 Å². The summed E-state index contributed by atoms with van der Waals surface area (Å²) in [7, 11) is 0. The molecule has 0 spiro atoms. The van der Waals surface area contributed by atoms with Gasteiger partial charge in [-0.15, -0.1) is 0 Å². The lowest BCUT2D eigenvalue weighted by molar-refractivity contribution is 0.0946. The molecule has 1 aliphatic rings. The van der Waals surface area contributed by atoms with Crippen molar-refractivity contribution in [2.24, 2.45) is 0 Å². The minimum absolute atomic E-state index is 0.0915. The van der Waals surface area contributed by atoms with E-state index < -0.39 is 0 Å². The zero-order valence-corrected chi connectivity index (χ0v) is 12.7. The van der Waals surface area contributed by atoms with Crippen molar-refractivity contribution < 1.29 is 4.79 Å². The minimum atomic E-state index is -0.0915. The predicted molar refractivity (Wildman–Crippen MR) is 79.2 cm³/mol. The number of nitrogens with zero attached hydrogens (tertiary/aromatic N) is 2. The topological polar surface area (TPSA) is 45.2 Å². The first kappa shape index (κ1) is 14.5. The van der Waals surface area contributed by atoms with Crippen LogP contribution in [0, 0.1) is 0 Å². The zero-order valence-electron chi connectivity index (χ0n) is 11.1. The SMILES string of the molecule is O=C(NCCCN1CCCCC1)c1ccc(Br)cn1. The number of carbonyl (C=O) groups is 1. The summed E-state index contributed by atoms with van der Waals surface area (Å²) in [6.07, 6.45) is 6.64. The van der Waals surface area contributed by atoms with Crippen LogP contribution in [0.25, 0.3) is 0 Å². The summed E-state index contributed by atoms with van der Waals surface area (Å²) in [5.41, 5.74) is 0.473. The lowest BCUT2D eigenvalue weighted by atomic mass is 10.1. The molecule has 0 atom stereocenters. The van der Waals surface area contributed by atoms with Gasteiger partial charge in [-0.3, -0.25) is 4.79 Å².